The van der Waals surface area contributed by atoms with Crippen LogP contribution in [0.5, 0.6) is 5.75 Å². The molecule has 0 unspecified atom stereocenters. The minimum Gasteiger partial charge on any atom is -0.379 e. The molecule has 0 saturated carbocycles. The Morgan fingerprint density at radius 3 is 2.44 bits per heavy atom. The van der Waals surface area contributed by atoms with E-state index in [1.807, 2.05) is 13.0 Å². The van der Waals surface area contributed by atoms with Gasteiger partial charge in [0.25, 0.3) is 0 Å². The molecule has 0 bridgehead atoms. The second-order valence-corrected chi connectivity index (χ2v) is 7.29. The third kappa shape index (κ3) is 3.66. The quantitative estimate of drug-likeness (QED) is 0.852. The number of aryl methyl sites for hydroxylation is 2. The molecule has 1 N–H and O–H groups in total. The molecule has 25 heavy (non-hydrogen) atoms. The van der Waals surface area contributed by atoms with Crippen molar-refractivity contribution in [2.75, 3.05) is 11.4 Å². The standard InChI is InChI=1S/C18H18N2O4S/c1-13-4-9-17(14(2)12-13)24-25(22,23)16-7-5-15(6-8-16)20-11-3-10-19-18(20)21/h3-9,11-12H,10H2,1-2H3,(H,19,21). The molecule has 0 spiro atoms. The van der Waals surface area contributed by atoms with Crippen LogP contribution < -0.4 is 14.4 Å². The van der Waals surface area contributed by atoms with E-state index in [0.717, 1.165) is 11.1 Å². The van der Waals surface area contributed by atoms with Crippen molar-refractivity contribution in [1.29, 1.82) is 0 Å². The second-order valence-electron chi connectivity index (χ2n) is 5.74. The molecule has 1 aliphatic rings. The Morgan fingerprint density at radius 1 is 1.08 bits per heavy atom. The maximum Gasteiger partial charge on any atom is 0.339 e. The number of anilines is 1. The van der Waals surface area contributed by atoms with Crippen molar-refractivity contribution in [3.05, 3.63) is 65.9 Å². The SMILES string of the molecule is Cc1ccc(OS(=O)(=O)c2ccc(N3C=CCNC3=O)cc2)c(C)c1. The van der Waals surface area contributed by atoms with E-state index < -0.39 is 10.1 Å². The van der Waals surface area contributed by atoms with Crippen LogP contribution in [0.1, 0.15) is 11.1 Å². The molecule has 2 aromatic carbocycles. The van der Waals surface area contributed by atoms with Gasteiger partial charge in [-0.25, -0.2) is 4.79 Å². The van der Waals surface area contributed by atoms with Gasteiger partial charge < -0.3 is 9.50 Å². The fraction of sp³-hybridized carbons (Fsp3) is 0.167. The molecule has 130 valence electrons. The Bertz CT molecular complexity index is 934. The Labute approximate surface area is 146 Å². The van der Waals surface area contributed by atoms with Gasteiger partial charge >= 0.3 is 16.1 Å². The van der Waals surface area contributed by atoms with Crippen molar-refractivity contribution in [1.82, 2.24) is 5.32 Å². The second kappa shape index (κ2) is 6.60. The van der Waals surface area contributed by atoms with Crippen molar-refractivity contribution in [2.24, 2.45) is 0 Å². The number of nitrogens with zero attached hydrogens (tertiary/aromatic N) is 1. The summed E-state index contributed by atoms with van der Waals surface area (Å²) in [6.45, 7) is 4.20. The van der Waals surface area contributed by atoms with E-state index in [2.05, 4.69) is 5.32 Å². The van der Waals surface area contributed by atoms with Gasteiger partial charge in [-0.2, -0.15) is 8.42 Å². The van der Waals surface area contributed by atoms with Crippen LogP contribution in [0.2, 0.25) is 0 Å². The summed E-state index contributed by atoms with van der Waals surface area (Å²) in [5.74, 6) is 0.299. The molecule has 0 aliphatic carbocycles. The number of amides is 2. The van der Waals surface area contributed by atoms with Crippen LogP contribution >= 0.6 is 0 Å². The number of urea groups is 1. The average molecular weight is 358 g/mol. The monoisotopic (exact) mass is 358 g/mol. The molecule has 0 saturated heterocycles. The van der Waals surface area contributed by atoms with Crippen LogP contribution in [-0.4, -0.2) is 21.0 Å². The van der Waals surface area contributed by atoms with E-state index in [0.29, 0.717) is 18.0 Å². The van der Waals surface area contributed by atoms with E-state index in [1.54, 1.807) is 43.5 Å². The number of hydrogen-bond donors (Lipinski definition) is 1. The lowest BCUT2D eigenvalue weighted by molar-refractivity contribution is 0.248. The number of carbonyl (C=O) groups is 1. The first-order valence-corrected chi connectivity index (χ1v) is 9.13. The zero-order chi connectivity index (χ0) is 18.0. The van der Waals surface area contributed by atoms with Crippen LogP contribution in [0.15, 0.2) is 59.6 Å². The molecular weight excluding hydrogens is 340 g/mol. The lowest BCUT2D eigenvalue weighted by atomic mass is 10.1. The Morgan fingerprint density at radius 2 is 1.80 bits per heavy atom. The van der Waals surface area contributed by atoms with Crippen molar-refractivity contribution < 1.29 is 17.4 Å². The van der Waals surface area contributed by atoms with Crippen LogP contribution in [0.4, 0.5) is 10.5 Å². The van der Waals surface area contributed by atoms with Crippen molar-refractivity contribution in [2.45, 2.75) is 18.7 Å². The third-order valence-electron chi connectivity index (χ3n) is 3.78. The Balaban J connectivity index is 1.84. The minimum absolute atomic E-state index is 0.0256. The highest BCUT2D eigenvalue weighted by molar-refractivity contribution is 7.87. The van der Waals surface area contributed by atoms with E-state index in [1.165, 1.54) is 17.0 Å². The molecule has 0 radical (unpaired) electrons. The van der Waals surface area contributed by atoms with Crippen LogP contribution in [-0.2, 0) is 10.1 Å². The van der Waals surface area contributed by atoms with Gasteiger partial charge in [0.1, 0.15) is 10.6 Å². The average Bonchev–Trinajstić information content (AvgIpc) is 2.58. The highest BCUT2D eigenvalue weighted by atomic mass is 32.2. The molecule has 3 rings (SSSR count). The summed E-state index contributed by atoms with van der Waals surface area (Å²) in [7, 11) is -3.95. The lowest BCUT2D eigenvalue weighted by Gasteiger charge is -2.22. The third-order valence-corrected chi connectivity index (χ3v) is 5.03. The number of nitrogens with one attached hydrogen (secondary N) is 1. The van der Waals surface area contributed by atoms with E-state index >= 15 is 0 Å². The molecular formula is C18H18N2O4S. The molecule has 7 heteroatoms. The maximum absolute atomic E-state index is 12.5. The molecule has 1 heterocycles. The topological polar surface area (TPSA) is 75.7 Å². The highest BCUT2D eigenvalue weighted by Crippen LogP contribution is 2.25. The summed E-state index contributed by atoms with van der Waals surface area (Å²) in [6, 6.07) is 11.0. The molecule has 2 aromatic rings. The van der Waals surface area contributed by atoms with Crippen LogP contribution in [0, 0.1) is 13.8 Å². The first kappa shape index (κ1) is 17.0. The smallest absolute Gasteiger partial charge is 0.339 e. The lowest BCUT2D eigenvalue weighted by Crippen LogP contribution is -2.39. The van der Waals surface area contributed by atoms with Gasteiger partial charge in [0.15, 0.2) is 0 Å². The summed E-state index contributed by atoms with van der Waals surface area (Å²) in [6.07, 6.45) is 3.45. The minimum atomic E-state index is -3.95. The Kier molecular flexibility index (Phi) is 4.50. The molecule has 1 aliphatic heterocycles. The van der Waals surface area contributed by atoms with Gasteiger partial charge in [-0.15, -0.1) is 0 Å². The van der Waals surface area contributed by atoms with Gasteiger partial charge in [0.2, 0.25) is 0 Å². The predicted octanol–water partition coefficient (Wildman–Crippen LogP) is 3.11. The van der Waals surface area contributed by atoms with Gasteiger partial charge in [-0.1, -0.05) is 17.7 Å². The number of carbonyl (C=O) groups excluding carboxylic acids is 1. The predicted molar refractivity (Wildman–Crippen MR) is 95.2 cm³/mol. The summed E-state index contributed by atoms with van der Waals surface area (Å²) in [5, 5.41) is 2.68. The molecule has 0 aromatic heterocycles. The van der Waals surface area contributed by atoms with Crippen molar-refractivity contribution in [3.8, 4) is 5.75 Å². The van der Waals surface area contributed by atoms with Crippen molar-refractivity contribution in [3.63, 3.8) is 0 Å². The fourth-order valence-corrected chi connectivity index (χ4v) is 3.48. The first-order chi connectivity index (χ1) is 11.9. The number of benzene rings is 2. The molecule has 2 amide bonds. The zero-order valence-electron chi connectivity index (χ0n) is 13.9. The van der Waals surface area contributed by atoms with Crippen LogP contribution in [0.25, 0.3) is 0 Å². The van der Waals surface area contributed by atoms with E-state index in [4.69, 9.17) is 4.18 Å². The normalized spacial score (nSPS) is 14.3. The summed E-state index contributed by atoms with van der Waals surface area (Å²) < 4.78 is 30.2. The molecule has 6 nitrogen and oxygen atoms in total. The van der Waals surface area contributed by atoms with Gasteiger partial charge in [0.05, 0.1) is 5.69 Å². The summed E-state index contributed by atoms with van der Waals surface area (Å²) in [4.78, 5) is 13.2. The van der Waals surface area contributed by atoms with Crippen molar-refractivity contribution >= 4 is 21.8 Å². The highest BCUT2D eigenvalue weighted by Gasteiger charge is 2.20. The largest absolute Gasteiger partial charge is 0.379 e. The Hall–Kier alpha value is -2.80. The first-order valence-electron chi connectivity index (χ1n) is 7.72. The van der Waals surface area contributed by atoms with E-state index in [-0.39, 0.29) is 10.9 Å². The van der Waals surface area contributed by atoms with Gasteiger partial charge in [-0.3, -0.25) is 4.90 Å². The number of hydrogen-bond acceptors (Lipinski definition) is 4. The molecule has 0 fully saturated rings. The molecule has 0 atom stereocenters. The summed E-state index contributed by atoms with van der Waals surface area (Å²) in [5.41, 5.74) is 2.34. The van der Waals surface area contributed by atoms with E-state index in [9.17, 15) is 13.2 Å². The van der Waals surface area contributed by atoms with Crippen LogP contribution in [0.3, 0.4) is 0 Å². The maximum atomic E-state index is 12.5. The van der Waals surface area contributed by atoms with Gasteiger partial charge in [0, 0.05) is 12.7 Å². The number of rotatable bonds is 4. The summed E-state index contributed by atoms with van der Waals surface area (Å²) >= 11 is 0. The van der Waals surface area contributed by atoms with Gasteiger partial charge in [-0.05, 0) is 55.8 Å². The zero-order valence-corrected chi connectivity index (χ0v) is 14.7. The fourth-order valence-electron chi connectivity index (χ4n) is 2.49.